The molecular formula is C22H18F3N5O4. The molecule has 2 N–H and O–H groups in total. The molecule has 4 rings (SSSR count). The van der Waals surface area contributed by atoms with Crippen LogP contribution in [-0.2, 0) is 12.6 Å². The lowest BCUT2D eigenvalue weighted by Crippen LogP contribution is -2.17. The van der Waals surface area contributed by atoms with Gasteiger partial charge in [-0.05, 0) is 48.9 Å². The normalized spacial score (nSPS) is 11.6. The van der Waals surface area contributed by atoms with E-state index >= 15 is 0 Å². The van der Waals surface area contributed by atoms with Crippen molar-refractivity contribution in [2.75, 3.05) is 7.11 Å². The number of phenols is 1. The standard InChI is InChI=1S/C22H18F3N5O4/c1-3-15-19(21(32)33)20(22(23,24)25)30(27-15)14-7-5-13(6-8-14)29-11-16(26-28-29)12-4-9-17(31)18(10-12)34-2/h4-11,31H,3H2,1-2H3,(H,32,33). The van der Waals surface area contributed by atoms with Gasteiger partial charge < -0.3 is 14.9 Å². The zero-order chi connectivity index (χ0) is 24.6. The predicted molar refractivity (Wildman–Crippen MR) is 113 cm³/mol. The molecule has 0 aliphatic rings. The van der Waals surface area contributed by atoms with Gasteiger partial charge in [0.25, 0.3) is 0 Å². The Labute approximate surface area is 190 Å². The summed E-state index contributed by atoms with van der Waals surface area (Å²) in [5, 5.41) is 31.1. The maximum atomic E-state index is 13.7. The van der Waals surface area contributed by atoms with Crippen LogP contribution in [0.15, 0.2) is 48.7 Å². The molecule has 0 spiro atoms. The molecule has 2 aromatic carbocycles. The molecule has 0 amide bonds. The Morgan fingerprint density at radius 2 is 1.79 bits per heavy atom. The molecule has 176 valence electrons. The Balaban J connectivity index is 1.70. The SMILES string of the molecule is CCc1nn(-c2ccc(-n3cc(-c4ccc(O)c(OC)c4)nn3)cc2)c(C(F)(F)F)c1C(=O)O. The summed E-state index contributed by atoms with van der Waals surface area (Å²) in [6.07, 6.45) is -3.29. The summed E-state index contributed by atoms with van der Waals surface area (Å²) < 4.78 is 48.3. The molecule has 0 aliphatic heterocycles. The number of hydrogen-bond donors (Lipinski definition) is 2. The third-order valence-corrected chi connectivity index (χ3v) is 5.10. The minimum atomic E-state index is -4.92. The highest BCUT2D eigenvalue weighted by atomic mass is 19.4. The molecule has 34 heavy (non-hydrogen) atoms. The third-order valence-electron chi connectivity index (χ3n) is 5.10. The lowest BCUT2D eigenvalue weighted by Gasteiger charge is -2.12. The number of halogens is 3. The molecule has 4 aromatic rings. The Morgan fingerprint density at radius 3 is 2.38 bits per heavy atom. The van der Waals surface area contributed by atoms with Crippen molar-refractivity contribution in [1.82, 2.24) is 24.8 Å². The molecule has 0 saturated heterocycles. The van der Waals surface area contributed by atoms with Gasteiger partial charge in [-0.3, -0.25) is 0 Å². The fraction of sp³-hybridized carbons (Fsp3) is 0.182. The Bertz CT molecular complexity index is 1360. The summed E-state index contributed by atoms with van der Waals surface area (Å²) >= 11 is 0. The first kappa shape index (κ1) is 22.8. The fourth-order valence-electron chi connectivity index (χ4n) is 3.49. The van der Waals surface area contributed by atoms with Crippen molar-refractivity contribution in [1.29, 1.82) is 0 Å². The number of carboxylic acid groups (broad SMARTS) is 1. The van der Waals surface area contributed by atoms with Gasteiger partial charge in [0.15, 0.2) is 17.2 Å². The zero-order valence-electron chi connectivity index (χ0n) is 17.9. The number of aromatic hydroxyl groups is 1. The minimum Gasteiger partial charge on any atom is -0.504 e. The Kier molecular flexibility index (Phi) is 5.73. The van der Waals surface area contributed by atoms with Crippen LogP contribution in [0, 0.1) is 0 Å². The largest absolute Gasteiger partial charge is 0.504 e. The maximum absolute atomic E-state index is 13.7. The van der Waals surface area contributed by atoms with Gasteiger partial charge in [0.2, 0.25) is 0 Å². The number of aromatic nitrogens is 5. The Morgan fingerprint density at radius 1 is 1.12 bits per heavy atom. The number of carboxylic acids is 1. The average molecular weight is 473 g/mol. The van der Waals surface area contributed by atoms with Crippen LogP contribution >= 0.6 is 0 Å². The molecule has 0 aliphatic carbocycles. The molecule has 0 bridgehead atoms. The summed E-state index contributed by atoms with van der Waals surface area (Å²) in [6.45, 7) is 1.54. The van der Waals surface area contributed by atoms with E-state index in [2.05, 4.69) is 15.4 Å². The highest BCUT2D eigenvalue weighted by molar-refractivity contribution is 5.90. The lowest BCUT2D eigenvalue weighted by molar-refractivity contribution is -0.143. The summed E-state index contributed by atoms with van der Waals surface area (Å²) in [6, 6.07) is 10.5. The third kappa shape index (κ3) is 4.05. The number of nitrogens with zero attached hydrogens (tertiary/aromatic N) is 5. The van der Waals surface area contributed by atoms with Crippen molar-refractivity contribution in [2.24, 2.45) is 0 Å². The van der Waals surface area contributed by atoms with E-state index in [1.54, 1.807) is 18.3 Å². The van der Waals surface area contributed by atoms with E-state index in [0.29, 0.717) is 21.6 Å². The molecule has 0 radical (unpaired) electrons. The van der Waals surface area contributed by atoms with E-state index in [1.807, 2.05) is 0 Å². The number of rotatable bonds is 6. The number of ether oxygens (including phenoxy) is 1. The van der Waals surface area contributed by atoms with Gasteiger partial charge in [0, 0.05) is 5.56 Å². The van der Waals surface area contributed by atoms with Crippen molar-refractivity contribution >= 4 is 5.97 Å². The first-order valence-corrected chi connectivity index (χ1v) is 9.97. The van der Waals surface area contributed by atoms with Gasteiger partial charge in [-0.15, -0.1) is 5.10 Å². The van der Waals surface area contributed by atoms with Gasteiger partial charge >= 0.3 is 12.1 Å². The van der Waals surface area contributed by atoms with Crippen LogP contribution in [0.2, 0.25) is 0 Å². The molecule has 2 heterocycles. The molecule has 0 fully saturated rings. The number of phenolic OH excluding ortho intramolecular Hbond substituents is 1. The van der Waals surface area contributed by atoms with Crippen LogP contribution in [0.3, 0.4) is 0 Å². The van der Waals surface area contributed by atoms with Crippen LogP contribution < -0.4 is 4.74 Å². The van der Waals surface area contributed by atoms with E-state index in [1.165, 1.54) is 49.0 Å². The van der Waals surface area contributed by atoms with Crippen molar-refractivity contribution in [2.45, 2.75) is 19.5 Å². The van der Waals surface area contributed by atoms with Gasteiger partial charge in [-0.1, -0.05) is 12.1 Å². The van der Waals surface area contributed by atoms with Gasteiger partial charge in [0.1, 0.15) is 11.3 Å². The van der Waals surface area contributed by atoms with Crippen molar-refractivity contribution in [3.05, 3.63) is 65.6 Å². The summed E-state index contributed by atoms with van der Waals surface area (Å²) in [4.78, 5) is 11.5. The number of alkyl halides is 3. The number of methoxy groups -OCH3 is 1. The van der Waals surface area contributed by atoms with E-state index < -0.39 is 23.4 Å². The fourth-order valence-corrected chi connectivity index (χ4v) is 3.49. The molecule has 2 aromatic heterocycles. The van der Waals surface area contributed by atoms with Crippen LogP contribution in [0.4, 0.5) is 13.2 Å². The van der Waals surface area contributed by atoms with E-state index in [0.717, 1.165) is 0 Å². The molecule has 0 unspecified atom stereocenters. The zero-order valence-corrected chi connectivity index (χ0v) is 17.9. The van der Waals surface area contributed by atoms with Crippen LogP contribution in [-0.4, -0.2) is 48.1 Å². The summed E-state index contributed by atoms with van der Waals surface area (Å²) in [5.74, 6) is -1.44. The first-order valence-electron chi connectivity index (χ1n) is 9.97. The predicted octanol–water partition coefficient (Wildman–Crippen LogP) is 4.11. The smallest absolute Gasteiger partial charge is 0.434 e. The van der Waals surface area contributed by atoms with E-state index in [4.69, 9.17) is 4.74 Å². The summed E-state index contributed by atoms with van der Waals surface area (Å²) in [5.41, 5.74) is -0.693. The number of carbonyl (C=O) groups is 1. The van der Waals surface area contributed by atoms with Crippen molar-refractivity contribution in [3.8, 4) is 34.1 Å². The number of benzene rings is 2. The van der Waals surface area contributed by atoms with Gasteiger partial charge in [0.05, 0.1) is 30.4 Å². The van der Waals surface area contributed by atoms with E-state index in [-0.39, 0.29) is 29.3 Å². The quantitative estimate of drug-likeness (QED) is 0.433. The topological polar surface area (TPSA) is 115 Å². The molecule has 9 nitrogen and oxygen atoms in total. The summed E-state index contributed by atoms with van der Waals surface area (Å²) in [7, 11) is 1.42. The Hall–Kier alpha value is -4.35. The molecule has 0 saturated carbocycles. The minimum absolute atomic E-state index is 0.0247. The van der Waals surface area contributed by atoms with Gasteiger partial charge in [-0.2, -0.15) is 18.3 Å². The second-order valence-electron chi connectivity index (χ2n) is 7.19. The monoisotopic (exact) mass is 473 g/mol. The highest BCUT2D eigenvalue weighted by Gasteiger charge is 2.42. The van der Waals surface area contributed by atoms with Crippen LogP contribution in [0.5, 0.6) is 11.5 Å². The van der Waals surface area contributed by atoms with Crippen molar-refractivity contribution in [3.63, 3.8) is 0 Å². The molecular weight excluding hydrogens is 455 g/mol. The van der Waals surface area contributed by atoms with Crippen LogP contribution in [0.1, 0.15) is 28.7 Å². The second kappa shape index (κ2) is 8.54. The van der Waals surface area contributed by atoms with Crippen molar-refractivity contribution < 1.29 is 32.9 Å². The first-order chi connectivity index (χ1) is 16.1. The molecule has 0 atom stereocenters. The van der Waals surface area contributed by atoms with E-state index in [9.17, 15) is 28.2 Å². The number of aromatic carboxylic acids is 1. The van der Waals surface area contributed by atoms with Crippen LogP contribution in [0.25, 0.3) is 22.6 Å². The lowest BCUT2D eigenvalue weighted by atomic mass is 10.1. The number of hydrogen-bond acceptors (Lipinski definition) is 6. The second-order valence-corrected chi connectivity index (χ2v) is 7.19. The average Bonchev–Trinajstić information content (AvgIpc) is 3.45. The molecule has 12 heteroatoms. The number of aryl methyl sites for hydroxylation is 1. The maximum Gasteiger partial charge on any atom is 0.434 e. The highest BCUT2D eigenvalue weighted by Crippen LogP contribution is 2.36. The van der Waals surface area contributed by atoms with Gasteiger partial charge in [-0.25, -0.2) is 14.2 Å².